The van der Waals surface area contributed by atoms with Crippen molar-refractivity contribution in [1.29, 1.82) is 0 Å². The molecule has 0 amide bonds. The minimum absolute atomic E-state index is 0.0127. The molecule has 6 fully saturated rings. The molecule has 50 heavy (non-hydrogen) atoms. The first-order chi connectivity index (χ1) is 23.4. The van der Waals surface area contributed by atoms with E-state index in [0.29, 0.717) is 30.3 Å². The first-order valence-corrected chi connectivity index (χ1v) is 19.8. The third-order valence-electron chi connectivity index (χ3n) is 14.2. The first kappa shape index (κ1) is 40.6. The molecular weight excluding hydrogens is 636 g/mol. The van der Waals surface area contributed by atoms with Crippen LogP contribution in [0.15, 0.2) is 0 Å². The topological polar surface area (TPSA) is 125 Å². The number of carbonyl (C=O) groups is 4. The largest absolute Gasteiger partial charge is 0.465 e. The average Bonchev–Trinajstić information content (AvgIpc) is 3.71. The highest BCUT2D eigenvalue weighted by Gasteiger charge is 2.63. The van der Waals surface area contributed by atoms with Gasteiger partial charge in [0.25, 0.3) is 0 Å². The van der Waals surface area contributed by atoms with Crippen LogP contribution in [0, 0.1) is 63.6 Å². The van der Waals surface area contributed by atoms with Crippen LogP contribution in [0.25, 0.3) is 0 Å². The van der Waals surface area contributed by atoms with Crippen molar-refractivity contribution in [2.75, 3.05) is 19.8 Å². The SMILES string of the molecule is CCC(C)(C)C(=O)OC1(CC)C2CC3CCC(C2)C1C3.CCC(C)(C)C(=O)OCC1C2CC3OC(=O)C1C3C2.CCC(C)(C)C(=O)OCCO. The summed E-state index contributed by atoms with van der Waals surface area (Å²) in [6.07, 6.45) is 12.3. The Labute approximate surface area is 301 Å². The van der Waals surface area contributed by atoms with Crippen LogP contribution in [0.2, 0.25) is 0 Å². The number of carbonyl (C=O) groups excluding carboxylic acids is 4. The molecule has 10 unspecified atom stereocenters. The molecule has 5 aliphatic carbocycles. The highest BCUT2D eigenvalue weighted by molar-refractivity contribution is 5.78. The lowest BCUT2D eigenvalue weighted by Gasteiger charge is -2.49. The fourth-order valence-corrected chi connectivity index (χ4v) is 9.57. The zero-order valence-corrected chi connectivity index (χ0v) is 32.8. The summed E-state index contributed by atoms with van der Waals surface area (Å²) in [6, 6.07) is 0. The van der Waals surface area contributed by atoms with Gasteiger partial charge < -0.3 is 24.1 Å². The van der Waals surface area contributed by atoms with Gasteiger partial charge in [-0.1, -0.05) is 34.1 Å². The summed E-state index contributed by atoms with van der Waals surface area (Å²) in [7, 11) is 0. The van der Waals surface area contributed by atoms with Gasteiger partial charge >= 0.3 is 23.9 Å². The van der Waals surface area contributed by atoms with Crippen molar-refractivity contribution in [3.05, 3.63) is 0 Å². The summed E-state index contributed by atoms with van der Waals surface area (Å²) < 4.78 is 21.9. The van der Waals surface area contributed by atoms with Gasteiger partial charge in [-0.05, 0) is 129 Å². The second-order valence-corrected chi connectivity index (χ2v) is 18.1. The molecule has 9 heteroatoms. The molecule has 9 nitrogen and oxygen atoms in total. The molecule has 1 heterocycles. The average molecular weight is 705 g/mol. The Morgan fingerprint density at radius 1 is 0.780 bits per heavy atom. The van der Waals surface area contributed by atoms with Crippen molar-refractivity contribution in [3.8, 4) is 0 Å². The van der Waals surface area contributed by atoms with E-state index in [-0.39, 0.29) is 66.0 Å². The minimum Gasteiger partial charge on any atom is -0.465 e. The molecule has 0 aromatic carbocycles. The summed E-state index contributed by atoms with van der Waals surface area (Å²) in [5.74, 6) is 3.69. The highest BCUT2D eigenvalue weighted by Crippen LogP contribution is 2.63. The Hall–Kier alpha value is -2.16. The maximum atomic E-state index is 12.6. The summed E-state index contributed by atoms with van der Waals surface area (Å²) in [5, 5.41) is 8.38. The van der Waals surface area contributed by atoms with Gasteiger partial charge in [0, 0.05) is 17.8 Å². The summed E-state index contributed by atoms with van der Waals surface area (Å²) in [4.78, 5) is 47.6. The zero-order chi connectivity index (χ0) is 37.2. The smallest absolute Gasteiger partial charge is 0.312 e. The molecule has 0 aromatic heterocycles. The molecule has 6 rings (SSSR count). The molecule has 1 N–H and O–H groups in total. The van der Waals surface area contributed by atoms with Crippen LogP contribution in [-0.4, -0.2) is 60.5 Å². The molecule has 0 aromatic rings. The number of hydrogen-bond acceptors (Lipinski definition) is 9. The van der Waals surface area contributed by atoms with Crippen molar-refractivity contribution in [1.82, 2.24) is 0 Å². The Morgan fingerprint density at radius 2 is 1.38 bits per heavy atom. The monoisotopic (exact) mass is 704 g/mol. The zero-order valence-electron chi connectivity index (χ0n) is 32.8. The van der Waals surface area contributed by atoms with Gasteiger partial charge in [-0.3, -0.25) is 19.2 Å². The summed E-state index contributed by atoms with van der Waals surface area (Å²) in [5.41, 5.74) is -1.31. The number of aliphatic hydroxyl groups excluding tert-OH is 1. The predicted molar refractivity (Wildman–Crippen MR) is 190 cm³/mol. The van der Waals surface area contributed by atoms with Crippen LogP contribution < -0.4 is 0 Å². The van der Waals surface area contributed by atoms with Crippen LogP contribution in [0.1, 0.15) is 140 Å². The van der Waals surface area contributed by atoms with E-state index < -0.39 is 10.8 Å². The summed E-state index contributed by atoms with van der Waals surface area (Å²) >= 11 is 0. The van der Waals surface area contributed by atoms with E-state index in [1.165, 1.54) is 32.1 Å². The van der Waals surface area contributed by atoms with E-state index in [9.17, 15) is 19.2 Å². The molecule has 5 saturated carbocycles. The lowest BCUT2D eigenvalue weighted by molar-refractivity contribution is -0.190. The third kappa shape index (κ3) is 8.07. The Balaban J connectivity index is 0.000000177. The lowest BCUT2D eigenvalue weighted by atomic mass is 9.63. The van der Waals surface area contributed by atoms with Gasteiger partial charge in [-0.2, -0.15) is 0 Å². The van der Waals surface area contributed by atoms with Crippen molar-refractivity contribution in [2.45, 2.75) is 152 Å². The van der Waals surface area contributed by atoms with E-state index >= 15 is 0 Å². The third-order valence-corrected chi connectivity index (χ3v) is 14.2. The molecule has 0 spiro atoms. The second kappa shape index (κ2) is 15.8. The van der Waals surface area contributed by atoms with Crippen LogP contribution in [0.5, 0.6) is 0 Å². The van der Waals surface area contributed by atoms with Crippen LogP contribution in [0.4, 0.5) is 0 Å². The molecule has 0 radical (unpaired) electrons. The first-order valence-electron chi connectivity index (χ1n) is 19.8. The standard InChI is InChI=1S/C18H30O2.C15H22O4.C8H16O3/c1-5-17(3,4)16(19)20-18(6-2)14-9-12-7-8-13(11-14)15(18)10-12;1-4-15(2,3)14(17)18-7-10-8-5-9-11(6-8)19-13(16)12(9)10;1-4-8(2,3)7(10)11-6-5-9/h12-15H,5-11H2,1-4H3;8-12H,4-7H2,1-3H3;9H,4-6H2,1-3H3. The van der Waals surface area contributed by atoms with Gasteiger partial charge in [-0.25, -0.2) is 0 Å². The maximum Gasteiger partial charge on any atom is 0.312 e. The van der Waals surface area contributed by atoms with E-state index in [1.807, 2.05) is 55.4 Å². The molecule has 286 valence electrons. The van der Waals surface area contributed by atoms with E-state index in [2.05, 4.69) is 13.8 Å². The van der Waals surface area contributed by atoms with Gasteiger partial charge in [0.1, 0.15) is 18.3 Å². The Morgan fingerprint density at radius 3 is 1.96 bits per heavy atom. The minimum atomic E-state index is -0.434. The number of esters is 4. The van der Waals surface area contributed by atoms with Gasteiger partial charge in [-0.15, -0.1) is 0 Å². The number of hydrogen-bond donors (Lipinski definition) is 1. The lowest BCUT2D eigenvalue weighted by Crippen LogP contribution is -2.51. The van der Waals surface area contributed by atoms with E-state index in [0.717, 1.165) is 50.4 Å². The second-order valence-electron chi connectivity index (χ2n) is 18.1. The Bertz CT molecular complexity index is 1220. The molecule has 10 atom stereocenters. The van der Waals surface area contributed by atoms with E-state index in [1.54, 1.807) is 0 Å². The number of aliphatic hydroxyl groups is 1. The van der Waals surface area contributed by atoms with Gasteiger partial charge in [0.2, 0.25) is 0 Å². The van der Waals surface area contributed by atoms with Crippen molar-refractivity contribution in [2.24, 2.45) is 63.6 Å². The molecule has 5 bridgehead atoms. The van der Waals surface area contributed by atoms with Crippen LogP contribution in [-0.2, 0) is 38.1 Å². The number of fused-ring (bicyclic) bond motifs is 3. The number of rotatable bonds is 12. The van der Waals surface area contributed by atoms with Crippen molar-refractivity contribution < 1.29 is 43.2 Å². The van der Waals surface area contributed by atoms with Crippen molar-refractivity contribution in [3.63, 3.8) is 0 Å². The fourth-order valence-electron chi connectivity index (χ4n) is 9.57. The molecule has 1 saturated heterocycles. The fraction of sp³-hybridized carbons (Fsp3) is 0.902. The summed E-state index contributed by atoms with van der Waals surface area (Å²) in [6.45, 7) is 20.1. The van der Waals surface area contributed by atoms with Crippen molar-refractivity contribution >= 4 is 23.9 Å². The molecule has 6 aliphatic rings. The quantitative estimate of drug-likeness (QED) is 0.161. The van der Waals surface area contributed by atoms with Gasteiger partial charge in [0.15, 0.2) is 0 Å². The van der Waals surface area contributed by atoms with E-state index in [4.69, 9.17) is 24.1 Å². The molecular formula is C41H68O9. The van der Waals surface area contributed by atoms with Crippen LogP contribution in [0.3, 0.4) is 0 Å². The van der Waals surface area contributed by atoms with Crippen LogP contribution >= 0.6 is 0 Å². The maximum absolute atomic E-state index is 12.6. The highest BCUT2D eigenvalue weighted by atomic mass is 16.6. The molecule has 1 aliphatic heterocycles. The Kier molecular flexibility index (Phi) is 12.9. The van der Waals surface area contributed by atoms with Gasteiger partial charge in [0.05, 0.1) is 35.4 Å². The predicted octanol–water partition coefficient (Wildman–Crippen LogP) is 7.69. The number of ether oxygens (including phenoxy) is 4. The normalized spacial score (nSPS) is 34.6.